The van der Waals surface area contributed by atoms with Gasteiger partial charge in [0, 0.05) is 18.7 Å². The van der Waals surface area contributed by atoms with Crippen molar-refractivity contribution in [3.8, 4) is 5.75 Å². The lowest BCUT2D eigenvalue weighted by molar-refractivity contribution is 0.0938. The van der Waals surface area contributed by atoms with Gasteiger partial charge in [0.05, 0.1) is 5.56 Å². The Hall–Kier alpha value is -1.62. The minimum Gasteiger partial charge on any atom is -0.507 e. The third-order valence-electron chi connectivity index (χ3n) is 1.94. The molecule has 0 bridgehead atoms. The second-order valence-corrected chi connectivity index (χ2v) is 3.27. The SMILES string of the molecule is C[C@H](CN)NC(=O)c1ccc(F)cc1O. The van der Waals surface area contributed by atoms with Crippen LogP contribution in [0.25, 0.3) is 0 Å². The summed E-state index contributed by atoms with van der Waals surface area (Å²) in [5.74, 6) is -1.43. The molecule has 0 aliphatic heterocycles. The summed E-state index contributed by atoms with van der Waals surface area (Å²) in [4.78, 5) is 11.5. The maximum Gasteiger partial charge on any atom is 0.255 e. The predicted octanol–water partition coefficient (Wildman–Crippen LogP) is 0.608. The van der Waals surface area contributed by atoms with Crippen molar-refractivity contribution < 1.29 is 14.3 Å². The number of amides is 1. The molecule has 0 aliphatic rings. The molecule has 1 rings (SSSR count). The van der Waals surface area contributed by atoms with Crippen molar-refractivity contribution in [2.75, 3.05) is 6.54 Å². The zero-order valence-electron chi connectivity index (χ0n) is 8.33. The molecule has 82 valence electrons. The first-order valence-corrected chi connectivity index (χ1v) is 4.54. The summed E-state index contributed by atoms with van der Waals surface area (Å²) in [7, 11) is 0. The predicted molar refractivity (Wildman–Crippen MR) is 54.0 cm³/mol. The molecule has 0 saturated heterocycles. The van der Waals surface area contributed by atoms with Crippen LogP contribution in [-0.2, 0) is 0 Å². The van der Waals surface area contributed by atoms with Gasteiger partial charge in [-0.25, -0.2) is 4.39 Å². The van der Waals surface area contributed by atoms with Gasteiger partial charge in [0.15, 0.2) is 0 Å². The van der Waals surface area contributed by atoms with E-state index in [4.69, 9.17) is 5.73 Å². The van der Waals surface area contributed by atoms with Crippen LogP contribution in [-0.4, -0.2) is 23.6 Å². The van der Waals surface area contributed by atoms with Crippen LogP contribution in [0.4, 0.5) is 4.39 Å². The Morgan fingerprint density at radius 1 is 1.67 bits per heavy atom. The van der Waals surface area contributed by atoms with E-state index >= 15 is 0 Å². The Kier molecular flexibility index (Phi) is 3.62. The molecule has 1 atom stereocenters. The largest absolute Gasteiger partial charge is 0.507 e. The van der Waals surface area contributed by atoms with Gasteiger partial charge in [-0.3, -0.25) is 4.79 Å². The van der Waals surface area contributed by atoms with Crippen LogP contribution in [0.15, 0.2) is 18.2 Å². The zero-order valence-corrected chi connectivity index (χ0v) is 8.33. The van der Waals surface area contributed by atoms with E-state index in [0.29, 0.717) is 6.54 Å². The topological polar surface area (TPSA) is 75.3 Å². The van der Waals surface area contributed by atoms with E-state index in [1.54, 1.807) is 6.92 Å². The third kappa shape index (κ3) is 2.92. The number of carbonyl (C=O) groups is 1. The van der Waals surface area contributed by atoms with Crippen molar-refractivity contribution in [1.29, 1.82) is 0 Å². The van der Waals surface area contributed by atoms with Crippen LogP contribution in [0.2, 0.25) is 0 Å². The van der Waals surface area contributed by atoms with Crippen molar-refractivity contribution in [3.63, 3.8) is 0 Å². The van der Waals surface area contributed by atoms with Gasteiger partial charge >= 0.3 is 0 Å². The molecule has 0 radical (unpaired) electrons. The van der Waals surface area contributed by atoms with Crippen LogP contribution in [0, 0.1) is 5.82 Å². The summed E-state index contributed by atoms with van der Waals surface area (Å²) in [6.45, 7) is 2.03. The Balaban J connectivity index is 2.82. The molecular formula is C10H13FN2O2. The minimum absolute atomic E-state index is 0.0386. The number of aromatic hydroxyl groups is 1. The standard InChI is InChI=1S/C10H13FN2O2/c1-6(5-12)13-10(15)8-3-2-7(11)4-9(8)14/h2-4,6,14H,5,12H2,1H3,(H,13,15)/t6-/m1/s1. The monoisotopic (exact) mass is 212 g/mol. The molecule has 0 saturated carbocycles. The number of carbonyl (C=O) groups excluding carboxylic acids is 1. The molecule has 1 aromatic carbocycles. The fourth-order valence-corrected chi connectivity index (χ4v) is 1.06. The number of hydrogen-bond acceptors (Lipinski definition) is 3. The van der Waals surface area contributed by atoms with Gasteiger partial charge in [-0.2, -0.15) is 0 Å². The lowest BCUT2D eigenvalue weighted by Gasteiger charge is -2.11. The molecule has 4 N–H and O–H groups in total. The Bertz CT molecular complexity index is 368. The number of halogens is 1. The van der Waals surface area contributed by atoms with Crippen molar-refractivity contribution in [1.82, 2.24) is 5.32 Å². The fraction of sp³-hybridized carbons (Fsp3) is 0.300. The quantitative estimate of drug-likeness (QED) is 0.687. The molecule has 0 aliphatic carbocycles. The third-order valence-corrected chi connectivity index (χ3v) is 1.94. The van der Waals surface area contributed by atoms with Gasteiger partial charge in [-0.15, -0.1) is 0 Å². The number of phenols is 1. The number of hydrogen-bond donors (Lipinski definition) is 3. The molecule has 0 aromatic heterocycles. The summed E-state index contributed by atoms with van der Waals surface area (Å²) < 4.78 is 12.6. The highest BCUT2D eigenvalue weighted by atomic mass is 19.1. The summed E-state index contributed by atoms with van der Waals surface area (Å²) in [5.41, 5.74) is 5.36. The number of nitrogens with one attached hydrogen (secondary N) is 1. The molecule has 0 fully saturated rings. The molecular weight excluding hydrogens is 199 g/mol. The molecule has 5 heteroatoms. The Morgan fingerprint density at radius 3 is 2.87 bits per heavy atom. The first-order valence-electron chi connectivity index (χ1n) is 4.54. The maximum absolute atomic E-state index is 12.6. The molecule has 0 unspecified atom stereocenters. The van der Waals surface area contributed by atoms with E-state index in [1.165, 1.54) is 6.07 Å². The maximum atomic E-state index is 12.6. The molecule has 1 aromatic rings. The number of rotatable bonds is 3. The van der Waals surface area contributed by atoms with Gasteiger partial charge in [0.25, 0.3) is 5.91 Å². The Morgan fingerprint density at radius 2 is 2.33 bits per heavy atom. The van der Waals surface area contributed by atoms with Gasteiger partial charge < -0.3 is 16.2 Å². The van der Waals surface area contributed by atoms with Crippen LogP contribution >= 0.6 is 0 Å². The van der Waals surface area contributed by atoms with Crippen molar-refractivity contribution in [2.45, 2.75) is 13.0 Å². The van der Waals surface area contributed by atoms with Crippen LogP contribution < -0.4 is 11.1 Å². The summed E-state index contributed by atoms with van der Waals surface area (Å²) in [6, 6.07) is 3.04. The van der Waals surface area contributed by atoms with Crippen molar-refractivity contribution in [2.24, 2.45) is 5.73 Å². The van der Waals surface area contributed by atoms with Crippen LogP contribution in [0.1, 0.15) is 17.3 Å². The highest BCUT2D eigenvalue weighted by Gasteiger charge is 2.13. The first kappa shape index (κ1) is 11.5. The second-order valence-electron chi connectivity index (χ2n) is 3.27. The Labute approximate surface area is 86.9 Å². The zero-order chi connectivity index (χ0) is 11.4. The molecule has 0 heterocycles. The van der Waals surface area contributed by atoms with Gasteiger partial charge in [-0.05, 0) is 19.1 Å². The number of phenolic OH excluding ortho intramolecular Hbond substituents is 1. The first-order chi connectivity index (χ1) is 7.04. The van der Waals surface area contributed by atoms with E-state index in [2.05, 4.69) is 5.32 Å². The lowest BCUT2D eigenvalue weighted by atomic mass is 10.1. The smallest absolute Gasteiger partial charge is 0.255 e. The summed E-state index contributed by atoms with van der Waals surface area (Å²) in [5, 5.41) is 11.9. The highest BCUT2D eigenvalue weighted by molar-refractivity contribution is 5.96. The fourth-order valence-electron chi connectivity index (χ4n) is 1.06. The lowest BCUT2D eigenvalue weighted by Crippen LogP contribution is -2.37. The highest BCUT2D eigenvalue weighted by Crippen LogP contribution is 2.17. The second kappa shape index (κ2) is 4.75. The van der Waals surface area contributed by atoms with Crippen molar-refractivity contribution in [3.05, 3.63) is 29.6 Å². The van der Waals surface area contributed by atoms with E-state index in [1.807, 2.05) is 0 Å². The van der Waals surface area contributed by atoms with Crippen LogP contribution in [0.3, 0.4) is 0 Å². The average molecular weight is 212 g/mol. The minimum atomic E-state index is -0.587. The molecule has 0 spiro atoms. The average Bonchev–Trinajstić information content (AvgIpc) is 2.17. The number of nitrogens with two attached hydrogens (primary N) is 1. The molecule has 1 amide bonds. The summed E-state index contributed by atoms with van der Waals surface area (Å²) in [6.07, 6.45) is 0. The normalized spacial score (nSPS) is 12.2. The van der Waals surface area contributed by atoms with Gasteiger partial charge in [0.1, 0.15) is 11.6 Å². The van der Waals surface area contributed by atoms with Crippen molar-refractivity contribution >= 4 is 5.91 Å². The summed E-state index contributed by atoms with van der Waals surface area (Å²) >= 11 is 0. The van der Waals surface area contributed by atoms with Gasteiger partial charge in [-0.1, -0.05) is 0 Å². The van der Waals surface area contributed by atoms with E-state index < -0.39 is 11.7 Å². The molecule has 4 nitrogen and oxygen atoms in total. The van der Waals surface area contributed by atoms with E-state index in [9.17, 15) is 14.3 Å². The van der Waals surface area contributed by atoms with E-state index in [0.717, 1.165) is 12.1 Å². The van der Waals surface area contributed by atoms with Crippen LogP contribution in [0.5, 0.6) is 5.75 Å². The van der Waals surface area contributed by atoms with Gasteiger partial charge in [0.2, 0.25) is 0 Å². The molecule has 15 heavy (non-hydrogen) atoms. The number of benzene rings is 1. The van der Waals surface area contributed by atoms with E-state index in [-0.39, 0.29) is 17.4 Å².